The number of carbonyl (C=O) groups is 1. The Bertz CT molecular complexity index is 1020. The molecule has 1 amide bonds. The van der Waals surface area contributed by atoms with Gasteiger partial charge in [0.2, 0.25) is 0 Å². The highest BCUT2D eigenvalue weighted by Gasteiger charge is 2.21. The second-order valence-electron chi connectivity index (χ2n) is 5.91. The molecule has 150 valence electrons. The second kappa shape index (κ2) is 8.19. The topological polar surface area (TPSA) is 191 Å². The Hall–Kier alpha value is -3.25. The summed E-state index contributed by atoms with van der Waals surface area (Å²) in [5.41, 5.74) is 16.8. The minimum atomic E-state index is -3.38. The molecule has 2 aromatic rings. The van der Waals surface area contributed by atoms with Crippen molar-refractivity contribution in [1.29, 1.82) is 0 Å². The number of hydrogen-bond donors (Lipinski definition) is 4. The normalized spacial score (nSPS) is 11.1. The molecular formula is C16H21N7O4S. The Labute approximate surface area is 161 Å². The first-order valence-corrected chi connectivity index (χ1v) is 9.87. The average Bonchev–Trinajstić information content (AvgIpc) is 2.60. The number of aliphatic imine (C=N–C) groups is 1. The van der Waals surface area contributed by atoms with Crippen LogP contribution in [-0.4, -0.2) is 61.8 Å². The van der Waals surface area contributed by atoms with Gasteiger partial charge in [-0.3, -0.25) is 4.79 Å². The van der Waals surface area contributed by atoms with Gasteiger partial charge in [0.1, 0.15) is 5.69 Å². The van der Waals surface area contributed by atoms with Crippen LogP contribution in [0.25, 0.3) is 11.3 Å². The highest BCUT2D eigenvalue weighted by Crippen LogP contribution is 2.30. The molecule has 0 radical (unpaired) electrons. The highest BCUT2D eigenvalue weighted by atomic mass is 32.2. The molecule has 0 unspecified atom stereocenters. The van der Waals surface area contributed by atoms with Gasteiger partial charge in [-0.2, -0.15) is 4.99 Å². The number of nitrogens with zero attached hydrogens (tertiary/aromatic N) is 4. The first-order valence-electron chi connectivity index (χ1n) is 7.98. The van der Waals surface area contributed by atoms with E-state index in [9.17, 15) is 18.3 Å². The molecule has 11 nitrogen and oxygen atoms in total. The van der Waals surface area contributed by atoms with E-state index in [0.29, 0.717) is 11.4 Å². The van der Waals surface area contributed by atoms with E-state index in [-0.39, 0.29) is 35.3 Å². The number of carbonyl (C=O) groups excluding carboxylic acids is 1. The molecular weight excluding hydrogens is 386 g/mol. The van der Waals surface area contributed by atoms with Gasteiger partial charge < -0.3 is 27.2 Å². The summed E-state index contributed by atoms with van der Waals surface area (Å²) in [6, 6.07) is 5.88. The lowest BCUT2D eigenvalue weighted by Gasteiger charge is -2.21. The van der Waals surface area contributed by atoms with Gasteiger partial charge in [-0.25, -0.2) is 18.4 Å². The van der Waals surface area contributed by atoms with Gasteiger partial charge in [-0.15, -0.1) is 0 Å². The van der Waals surface area contributed by atoms with Crippen LogP contribution in [0.15, 0.2) is 34.2 Å². The van der Waals surface area contributed by atoms with Gasteiger partial charge in [-0.1, -0.05) is 12.1 Å². The third-order valence-electron chi connectivity index (χ3n) is 3.69. The summed E-state index contributed by atoms with van der Waals surface area (Å²) >= 11 is 0. The van der Waals surface area contributed by atoms with Crippen molar-refractivity contribution >= 4 is 33.3 Å². The van der Waals surface area contributed by atoms with Crippen LogP contribution >= 0.6 is 0 Å². The van der Waals surface area contributed by atoms with E-state index in [1.54, 1.807) is 11.9 Å². The molecule has 1 heterocycles. The number of guanidine groups is 1. The number of hydrogen-bond acceptors (Lipinski definition) is 8. The number of aromatic nitrogens is 2. The van der Waals surface area contributed by atoms with Crippen molar-refractivity contribution in [3.63, 3.8) is 0 Å². The molecule has 0 aliphatic carbocycles. The molecule has 1 aromatic carbocycles. The fourth-order valence-corrected chi connectivity index (χ4v) is 2.97. The van der Waals surface area contributed by atoms with Crippen LogP contribution in [0.1, 0.15) is 10.5 Å². The maximum absolute atomic E-state index is 12.2. The Morgan fingerprint density at radius 1 is 1.21 bits per heavy atom. The third kappa shape index (κ3) is 4.72. The van der Waals surface area contributed by atoms with Crippen molar-refractivity contribution < 1.29 is 18.3 Å². The number of benzene rings is 1. The largest absolute Gasteiger partial charge is 0.395 e. The lowest BCUT2D eigenvalue weighted by atomic mass is 10.1. The van der Waals surface area contributed by atoms with Crippen molar-refractivity contribution in [3.05, 3.63) is 30.0 Å². The fraction of sp³-hybridized carbons (Fsp3) is 0.250. The van der Waals surface area contributed by atoms with Crippen LogP contribution in [0.4, 0.5) is 11.6 Å². The van der Waals surface area contributed by atoms with Gasteiger partial charge in [0, 0.05) is 25.4 Å². The number of nitrogens with two attached hydrogens (primary N) is 3. The van der Waals surface area contributed by atoms with E-state index in [1.807, 2.05) is 0 Å². The molecule has 2 rings (SSSR count). The molecule has 0 atom stereocenters. The second-order valence-corrected chi connectivity index (χ2v) is 7.93. The number of rotatable bonds is 6. The molecule has 0 saturated carbocycles. The number of nitrogen functional groups attached to an aromatic ring is 1. The van der Waals surface area contributed by atoms with E-state index >= 15 is 0 Å². The lowest BCUT2D eigenvalue weighted by molar-refractivity contribution is 0.0998. The van der Waals surface area contributed by atoms with Gasteiger partial charge >= 0.3 is 5.91 Å². The molecule has 1 aromatic heterocycles. The van der Waals surface area contributed by atoms with Gasteiger partial charge in [0.15, 0.2) is 33.1 Å². The Kier molecular flexibility index (Phi) is 6.16. The van der Waals surface area contributed by atoms with E-state index < -0.39 is 21.7 Å². The number of likely N-dealkylation sites (N-methyl/N-ethyl adjacent to an activating group) is 1. The Morgan fingerprint density at radius 3 is 2.32 bits per heavy atom. The van der Waals surface area contributed by atoms with Crippen molar-refractivity contribution in [2.45, 2.75) is 4.90 Å². The van der Waals surface area contributed by atoms with Crippen LogP contribution in [-0.2, 0) is 9.84 Å². The maximum Gasteiger partial charge on any atom is 0.302 e. The summed E-state index contributed by atoms with van der Waals surface area (Å²) in [6.45, 7) is 0.0724. The van der Waals surface area contributed by atoms with Crippen LogP contribution in [0.3, 0.4) is 0 Å². The van der Waals surface area contributed by atoms with Crippen molar-refractivity contribution in [2.24, 2.45) is 16.5 Å². The molecule has 12 heteroatoms. The first kappa shape index (κ1) is 21.1. The summed E-state index contributed by atoms with van der Waals surface area (Å²) in [4.78, 5) is 25.8. The molecule has 0 bridgehead atoms. The average molecular weight is 407 g/mol. The fourth-order valence-electron chi connectivity index (χ4n) is 2.34. The number of sulfone groups is 1. The monoisotopic (exact) mass is 407 g/mol. The molecule has 7 N–H and O–H groups in total. The van der Waals surface area contributed by atoms with Crippen molar-refractivity contribution in [1.82, 2.24) is 9.97 Å². The van der Waals surface area contributed by atoms with Gasteiger partial charge in [0.25, 0.3) is 0 Å². The molecule has 0 saturated heterocycles. The zero-order valence-electron chi connectivity index (χ0n) is 15.3. The molecule has 0 aliphatic heterocycles. The quantitative estimate of drug-likeness (QED) is 0.340. The number of anilines is 2. The Balaban J connectivity index is 2.67. The zero-order valence-corrected chi connectivity index (χ0v) is 16.1. The lowest BCUT2D eigenvalue weighted by Crippen LogP contribution is -2.26. The van der Waals surface area contributed by atoms with E-state index in [0.717, 1.165) is 6.26 Å². The van der Waals surface area contributed by atoms with Crippen molar-refractivity contribution in [3.8, 4) is 11.3 Å². The summed E-state index contributed by atoms with van der Waals surface area (Å²) in [7, 11) is -1.72. The molecule has 0 spiro atoms. The van der Waals surface area contributed by atoms with E-state index in [1.165, 1.54) is 24.3 Å². The smallest absolute Gasteiger partial charge is 0.302 e. The first-order chi connectivity index (χ1) is 13.0. The predicted molar refractivity (Wildman–Crippen MR) is 105 cm³/mol. The van der Waals surface area contributed by atoms with Crippen LogP contribution in [0, 0.1) is 0 Å². The maximum atomic E-state index is 12.2. The third-order valence-corrected chi connectivity index (χ3v) is 4.82. The summed E-state index contributed by atoms with van der Waals surface area (Å²) < 4.78 is 23.3. The number of aliphatic hydroxyl groups excluding tert-OH is 1. The summed E-state index contributed by atoms with van der Waals surface area (Å²) in [6.07, 6.45) is 1.09. The standard InChI is InChI=1S/C16H21N7O4S/c1-23(7-8-24)14-11(9-3-5-10(6-4-9)28(2,26)27)20-12(13(17)21-14)15(25)22-16(18)19/h3-6,24H,7-8H2,1-2H3,(H2,17,21)(H4,18,19,22,25). The van der Waals surface area contributed by atoms with E-state index in [2.05, 4.69) is 15.0 Å². The minimum absolute atomic E-state index is 0.127. The number of aliphatic hydroxyl groups is 1. The summed E-state index contributed by atoms with van der Waals surface area (Å²) in [5.74, 6) is -1.21. The summed E-state index contributed by atoms with van der Waals surface area (Å²) in [5, 5.41) is 9.21. The van der Waals surface area contributed by atoms with Crippen LogP contribution < -0.4 is 22.1 Å². The minimum Gasteiger partial charge on any atom is -0.395 e. The highest BCUT2D eigenvalue weighted by molar-refractivity contribution is 7.90. The molecule has 0 aliphatic rings. The predicted octanol–water partition coefficient (Wildman–Crippen LogP) is -1.03. The van der Waals surface area contributed by atoms with Crippen molar-refractivity contribution in [2.75, 3.05) is 37.1 Å². The van der Waals surface area contributed by atoms with Gasteiger partial charge in [-0.05, 0) is 12.1 Å². The van der Waals surface area contributed by atoms with E-state index in [4.69, 9.17) is 17.2 Å². The van der Waals surface area contributed by atoms with Gasteiger partial charge in [0.05, 0.1) is 11.5 Å². The van der Waals surface area contributed by atoms with Crippen LogP contribution in [0.5, 0.6) is 0 Å². The number of amides is 1. The zero-order chi connectivity index (χ0) is 21.1. The molecule has 0 fully saturated rings. The Morgan fingerprint density at radius 2 is 1.82 bits per heavy atom. The SMILES string of the molecule is CN(CCO)c1nc(N)c(C(=O)N=C(N)N)nc1-c1ccc(S(C)(=O)=O)cc1. The molecule has 28 heavy (non-hydrogen) atoms. The van der Waals surface area contributed by atoms with Crippen LogP contribution in [0.2, 0.25) is 0 Å².